The van der Waals surface area contributed by atoms with Crippen LogP contribution in [0.3, 0.4) is 0 Å². The topological polar surface area (TPSA) is 45.3 Å². The molecule has 0 radical (unpaired) electrons. The van der Waals surface area contributed by atoms with Gasteiger partial charge in [0.25, 0.3) is 0 Å². The van der Waals surface area contributed by atoms with Crippen LogP contribution in [0.1, 0.15) is 0 Å². The van der Waals surface area contributed by atoms with E-state index in [1.165, 1.54) is 0 Å². The number of halogens is 1. The molecule has 0 saturated carbocycles. The minimum atomic E-state index is -0.286. The number of fused-ring (bicyclic) bond motifs is 1. The molecule has 1 N–H and O–H groups in total. The highest BCUT2D eigenvalue weighted by Gasteiger charge is 2.25. The van der Waals surface area contributed by atoms with Crippen molar-refractivity contribution in [2.24, 2.45) is 0 Å². The zero-order chi connectivity index (χ0) is 11.1. The predicted molar refractivity (Wildman–Crippen MR) is 64.7 cm³/mol. The van der Waals surface area contributed by atoms with E-state index in [1.807, 2.05) is 24.4 Å². The van der Waals surface area contributed by atoms with E-state index in [-0.39, 0.29) is 6.09 Å². The average molecular weight is 281 g/mol. The summed E-state index contributed by atoms with van der Waals surface area (Å²) in [4.78, 5) is 16.2. The van der Waals surface area contributed by atoms with Crippen molar-refractivity contribution in [3.8, 4) is 0 Å². The molecule has 0 unspecified atom stereocenters. The smallest absolute Gasteiger partial charge is 0.414 e. The molecule has 16 heavy (non-hydrogen) atoms. The van der Waals surface area contributed by atoms with E-state index in [1.54, 1.807) is 4.90 Å². The second kappa shape index (κ2) is 3.52. The lowest BCUT2D eigenvalue weighted by Gasteiger charge is -2.14. The van der Waals surface area contributed by atoms with Crippen LogP contribution in [0.15, 0.2) is 28.9 Å². The van der Waals surface area contributed by atoms with Crippen LogP contribution in [0.25, 0.3) is 10.9 Å². The van der Waals surface area contributed by atoms with Crippen LogP contribution < -0.4 is 4.90 Å². The van der Waals surface area contributed by atoms with Gasteiger partial charge < -0.3 is 9.72 Å². The maximum absolute atomic E-state index is 11.5. The number of hydrogen-bond donors (Lipinski definition) is 1. The van der Waals surface area contributed by atoms with Gasteiger partial charge in [-0.15, -0.1) is 0 Å². The van der Waals surface area contributed by atoms with Crippen molar-refractivity contribution in [3.05, 3.63) is 28.9 Å². The van der Waals surface area contributed by atoms with E-state index in [4.69, 9.17) is 4.74 Å². The van der Waals surface area contributed by atoms with Gasteiger partial charge in [-0.25, -0.2) is 4.79 Å². The number of ether oxygens (including phenoxy) is 1. The predicted octanol–water partition coefficient (Wildman–Crippen LogP) is 2.89. The fourth-order valence-electron chi connectivity index (χ4n) is 1.90. The normalized spacial score (nSPS) is 15.8. The number of anilines is 1. The van der Waals surface area contributed by atoms with E-state index in [0.717, 1.165) is 21.1 Å². The molecule has 2 aromatic rings. The molecule has 82 valence electrons. The average Bonchev–Trinajstić information content (AvgIpc) is 2.88. The Kier molecular flexibility index (Phi) is 2.14. The summed E-state index contributed by atoms with van der Waals surface area (Å²) in [6, 6.07) is 5.90. The Hall–Kier alpha value is -1.49. The van der Waals surface area contributed by atoms with Crippen molar-refractivity contribution >= 4 is 38.6 Å². The molecule has 0 aliphatic carbocycles. The van der Waals surface area contributed by atoms with Crippen molar-refractivity contribution in [1.29, 1.82) is 0 Å². The molecule has 1 aliphatic heterocycles. The number of amides is 1. The molecule has 1 aromatic heterocycles. The third kappa shape index (κ3) is 1.31. The van der Waals surface area contributed by atoms with E-state index >= 15 is 0 Å². The lowest BCUT2D eigenvalue weighted by atomic mass is 10.2. The first-order valence-electron chi connectivity index (χ1n) is 4.97. The van der Waals surface area contributed by atoms with Gasteiger partial charge in [0.1, 0.15) is 6.61 Å². The van der Waals surface area contributed by atoms with Gasteiger partial charge in [0.2, 0.25) is 0 Å². The quantitative estimate of drug-likeness (QED) is 0.873. The Bertz CT molecular complexity index is 564. The maximum Gasteiger partial charge on any atom is 0.414 e. The number of H-pyrrole nitrogens is 1. The van der Waals surface area contributed by atoms with Gasteiger partial charge in [0.05, 0.1) is 22.2 Å². The Morgan fingerprint density at radius 1 is 1.38 bits per heavy atom. The van der Waals surface area contributed by atoms with E-state index < -0.39 is 0 Å². The summed E-state index contributed by atoms with van der Waals surface area (Å²) in [7, 11) is 0. The van der Waals surface area contributed by atoms with Crippen molar-refractivity contribution in [1.82, 2.24) is 4.98 Å². The molecule has 0 bridgehead atoms. The minimum absolute atomic E-state index is 0.286. The maximum atomic E-state index is 11.5. The minimum Gasteiger partial charge on any atom is -0.447 e. The lowest BCUT2D eigenvalue weighted by Crippen LogP contribution is -2.23. The third-order valence-corrected chi connectivity index (χ3v) is 3.50. The van der Waals surface area contributed by atoms with Gasteiger partial charge in [-0.3, -0.25) is 4.90 Å². The molecule has 4 nitrogen and oxygen atoms in total. The third-order valence-electron chi connectivity index (χ3n) is 2.70. The number of nitrogens with zero attached hydrogens (tertiary/aromatic N) is 1. The fraction of sp³-hybridized carbons (Fsp3) is 0.182. The molecular weight excluding hydrogens is 272 g/mol. The van der Waals surface area contributed by atoms with Crippen molar-refractivity contribution in [2.45, 2.75) is 0 Å². The molecule has 1 aromatic carbocycles. The molecule has 1 fully saturated rings. The summed E-state index contributed by atoms with van der Waals surface area (Å²) in [5.41, 5.74) is 1.84. The highest BCUT2D eigenvalue weighted by atomic mass is 79.9. The molecule has 1 amide bonds. The summed E-state index contributed by atoms with van der Waals surface area (Å²) in [5.74, 6) is 0. The molecule has 3 rings (SSSR count). The van der Waals surface area contributed by atoms with Gasteiger partial charge in [0.15, 0.2) is 0 Å². The molecule has 0 spiro atoms. The molecule has 1 saturated heterocycles. The number of carbonyl (C=O) groups is 1. The van der Waals surface area contributed by atoms with Gasteiger partial charge >= 0.3 is 6.09 Å². The van der Waals surface area contributed by atoms with Gasteiger partial charge in [0, 0.05) is 11.6 Å². The Morgan fingerprint density at radius 2 is 2.25 bits per heavy atom. The lowest BCUT2D eigenvalue weighted by molar-refractivity contribution is 0.181. The zero-order valence-corrected chi connectivity index (χ0v) is 9.95. The number of carbonyl (C=O) groups excluding carboxylic acids is 1. The number of hydrogen-bond acceptors (Lipinski definition) is 2. The highest BCUT2D eigenvalue weighted by Crippen LogP contribution is 2.34. The monoisotopic (exact) mass is 280 g/mol. The molecule has 5 heteroatoms. The van der Waals surface area contributed by atoms with Gasteiger partial charge in [-0.2, -0.15) is 0 Å². The largest absolute Gasteiger partial charge is 0.447 e. The van der Waals surface area contributed by atoms with Crippen molar-refractivity contribution in [3.63, 3.8) is 0 Å². The standard InChI is InChI=1S/C11H9BrN2O2/c12-9-8(14-5-6-16-11(14)15)2-1-7-3-4-13-10(7)9/h1-4,13H,5-6H2. The Labute approximate surface area is 100 Å². The number of cyclic esters (lactones) is 1. The van der Waals surface area contributed by atoms with Crippen LogP contribution in [0, 0.1) is 0 Å². The second-order valence-electron chi connectivity index (χ2n) is 3.61. The van der Waals surface area contributed by atoms with Crippen LogP contribution >= 0.6 is 15.9 Å². The number of benzene rings is 1. The summed E-state index contributed by atoms with van der Waals surface area (Å²) in [5, 5.41) is 1.11. The summed E-state index contributed by atoms with van der Waals surface area (Å²) >= 11 is 3.52. The molecule has 0 atom stereocenters. The zero-order valence-electron chi connectivity index (χ0n) is 8.37. The number of nitrogens with one attached hydrogen (secondary N) is 1. The van der Waals surface area contributed by atoms with Crippen LogP contribution in [0.5, 0.6) is 0 Å². The molecular formula is C11H9BrN2O2. The first-order valence-corrected chi connectivity index (χ1v) is 5.76. The number of aromatic amines is 1. The number of aromatic nitrogens is 1. The van der Waals surface area contributed by atoms with Crippen LogP contribution in [0.2, 0.25) is 0 Å². The van der Waals surface area contributed by atoms with Crippen molar-refractivity contribution < 1.29 is 9.53 Å². The first kappa shape index (κ1) is 9.72. The van der Waals surface area contributed by atoms with Gasteiger partial charge in [-0.05, 0) is 28.1 Å². The summed E-state index contributed by atoms with van der Waals surface area (Å²) in [6.07, 6.45) is 1.59. The van der Waals surface area contributed by atoms with E-state index in [9.17, 15) is 4.79 Å². The fourth-order valence-corrected chi connectivity index (χ4v) is 2.59. The second-order valence-corrected chi connectivity index (χ2v) is 4.40. The summed E-state index contributed by atoms with van der Waals surface area (Å²) in [6.45, 7) is 1.05. The van der Waals surface area contributed by atoms with Crippen LogP contribution in [-0.2, 0) is 4.74 Å². The van der Waals surface area contributed by atoms with Gasteiger partial charge in [-0.1, -0.05) is 6.07 Å². The molecule has 1 aliphatic rings. The van der Waals surface area contributed by atoms with Crippen LogP contribution in [-0.4, -0.2) is 24.2 Å². The highest BCUT2D eigenvalue weighted by molar-refractivity contribution is 9.10. The first-order chi connectivity index (χ1) is 7.77. The summed E-state index contributed by atoms with van der Waals surface area (Å²) < 4.78 is 5.82. The molecule has 2 heterocycles. The van der Waals surface area contributed by atoms with Crippen LogP contribution in [0.4, 0.5) is 10.5 Å². The van der Waals surface area contributed by atoms with E-state index in [2.05, 4.69) is 20.9 Å². The Morgan fingerprint density at radius 3 is 3.00 bits per heavy atom. The van der Waals surface area contributed by atoms with Crippen molar-refractivity contribution in [2.75, 3.05) is 18.1 Å². The Balaban J connectivity index is 2.16. The van der Waals surface area contributed by atoms with E-state index in [0.29, 0.717) is 13.2 Å². The number of rotatable bonds is 1. The SMILES string of the molecule is O=C1OCCN1c1ccc2cc[nH]c2c1Br.